The van der Waals surface area contributed by atoms with Crippen molar-refractivity contribution in [1.82, 2.24) is 5.32 Å². The lowest BCUT2D eigenvalue weighted by Crippen LogP contribution is -2.50. The maximum absolute atomic E-state index is 12.8. The summed E-state index contributed by atoms with van der Waals surface area (Å²) in [6, 6.07) is -2.40. The SMILES string of the molecule is C#CCOCCOCCOCCCC(=O)[C@H](CC(=O)OC(C)(C)C)NC(=O)[C@@H](N)CC(=O)OC(C)(C)C. The number of nitrogens with one attached hydrogen (secondary N) is 1. The second-order valence-corrected chi connectivity index (χ2v) is 10.3. The zero-order valence-corrected chi connectivity index (χ0v) is 23.1. The summed E-state index contributed by atoms with van der Waals surface area (Å²) in [6.45, 7) is 12.2. The molecule has 0 radical (unpaired) electrons. The van der Waals surface area contributed by atoms with Gasteiger partial charge < -0.3 is 34.7 Å². The third kappa shape index (κ3) is 20.2. The van der Waals surface area contributed by atoms with Crippen LogP contribution in [0.1, 0.15) is 67.2 Å². The molecular weight excluding hydrogens is 484 g/mol. The van der Waals surface area contributed by atoms with E-state index in [0.717, 1.165) is 0 Å². The van der Waals surface area contributed by atoms with Crippen molar-refractivity contribution in [3.8, 4) is 12.3 Å². The van der Waals surface area contributed by atoms with Crippen LogP contribution < -0.4 is 11.1 Å². The predicted octanol–water partition coefficient (Wildman–Crippen LogP) is 1.29. The second kappa shape index (κ2) is 17.9. The Labute approximate surface area is 220 Å². The molecule has 2 atom stereocenters. The van der Waals surface area contributed by atoms with Crippen molar-refractivity contribution >= 4 is 23.6 Å². The highest BCUT2D eigenvalue weighted by Crippen LogP contribution is 2.12. The van der Waals surface area contributed by atoms with E-state index in [0.29, 0.717) is 32.8 Å². The summed E-state index contributed by atoms with van der Waals surface area (Å²) >= 11 is 0. The Morgan fingerprint density at radius 3 is 1.81 bits per heavy atom. The number of ether oxygens (including phenoxy) is 5. The van der Waals surface area contributed by atoms with E-state index >= 15 is 0 Å². The molecule has 0 aromatic heterocycles. The fourth-order valence-corrected chi connectivity index (χ4v) is 2.82. The molecule has 11 heteroatoms. The third-order valence-electron chi connectivity index (χ3n) is 4.28. The molecule has 0 aliphatic carbocycles. The quantitative estimate of drug-likeness (QED) is 0.151. The van der Waals surface area contributed by atoms with Crippen LogP contribution in [0.4, 0.5) is 0 Å². The van der Waals surface area contributed by atoms with Gasteiger partial charge in [0, 0.05) is 13.0 Å². The van der Waals surface area contributed by atoms with Crippen LogP contribution in [0.3, 0.4) is 0 Å². The molecule has 0 aliphatic rings. The summed E-state index contributed by atoms with van der Waals surface area (Å²) in [5.74, 6) is -0.0604. The summed E-state index contributed by atoms with van der Waals surface area (Å²) in [5, 5.41) is 2.48. The van der Waals surface area contributed by atoms with Gasteiger partial charge in [-0.15, -0.1) is 6.42 Å². The van der Waals surface area contributed by atoms with Crippen molar-refractivity contribution in [2.75, 3.05) is 39.6 Å². The van der Waals surface area contributed by atoms with Gasteiger partial charge in [0.15, 0.2) is 5.78 Å². The van der Waals surface area contributed by atoms with Gasteiger partial charge in [-0.05, 0) is 48.0 Å². The minimum absolute atomic E-state index is 0.0514. The number of terminal acetylenes is 1. The van der Waals surface area contributed by atoms with Crippen LogP contribution in [0.25, 0.3) is 0 Å². The highest BCUT2D eigenvalue weighted by Gasteiger charge is 2.29. The Morgan fingerprint density at radius 1 is 0.811 bits per heavy atom. The van der Waals surface area contributed by atoms with Crippen LogP contribution in [0.2, 0.25) is 0 Å². The summed E-state index contributed by atoms with van der Waals surface area (Å²) in [7, 11) is 0. The average Bonchev–Trinajstić information content (AvgIpc) is 2.74. The number of rotatable bonds is 18. The van der Waals surface area contributed by atoms with E-state index in [1.165, 1.54) is 0 Å². The number of hydrogen-bond acceptors (Lipinski definition) is 10. The first-order valence-electron chi connectivity index (χ1n) is 12.3. The Kier molecular flexibility index (Phi) is 16.6. The van der Waals surface area contributed by atoms with Crippen LogP contribution in [0.5, 0.6) is 0 Å². The molecule has 0 bridgehead atoms. The molecule has 1 amide bonds. The van der Waals surface area contributed by atoms with E-state index in [2.05, 4.69) is 11.2 Å². The summed E-state index contributed by atoms with van der Waals surface area (Å²) in [5.41, 5.74) is 4.36. The summed E-state index contributed by atoms with van der Waals surface area (Å²) < 4.78 is 26.3. The monoisotopic (exact) mass is 528 g/mol. The van der Waals surface area contributed by atoms with E-state index < -0.39 is 41.1 Å². The lowest BCUT2D eigenvalue weighted by Gasteiger charge is -2.24. The predicted molar refractivity (Wildman–Crippen MR) is 136 cm³/mol. The second-order valence-electron chi connectivity index (χ2n) is 10.3. The number of Topliss-reactive ketones (excluding diaryl/α,β-unsaturated/α-hetero) is 1. The van der Waals surface area contributed by atoms with Gasteiger partial charge in [0.2, 0.25) is 5.91 Å². The molecule has 0 spiro atoms. The lowest BCUT2D eigenvalue weighted by atomic mass is 10.0. The fraction of sp³-hybridized carbons (Fsp3) is 0.769. The molecule has 3 N–H and O–H groups in total. The van der Waals surface area contributed by atoms with Crippen molar-refractivity contribution in [1.29, 1.82) is 0 Å². The van der Waals surface area contributed by atoms with Crippen molar-refractivity contribution in [2.24, 2.45) is 5.73 Å². The van der Waals surface area contributed by atoms with Crippen molar-refractivity contribution in [2.45, 2.75) is 90.5 Å². The molecule has 0 aliphatic heterocycles. The molecule has 37 heavy (non-hydrogen) atoms. The van der Waals surface area contributed by atoms with E-state index in [1.54, 1.807) is 41.5 Å². The Bertz CT molecular complexity index is 763. The molecule has 0 unspecified atom stereocenters. The molecule has 212 valence electrons. The zero-order valence-electron chi connectivity index (χ0n) is 23.1. The maximum Gasteiger partial charge on any atom is 0.308 e. The van der Waals surface area contributed by atoms with E-state index in [9.17, 15) is 19.2 Å². The first-order chi connectivity index (χ1) is 17.1. The Balaban J connectivity index is 4.72. The largest absolute Gasteiger partial charge is 0.460 e. The van der Waals surface area contributed by atoms with Crippen molar-refractivity contribution < 1.29 is 42.9 Å². The molecule has 0 fully saturated rings. The number of esters is 2. The van der Waals surface area contributed by atoms with Crippen LogP contribution in [-0.2, 0) is 42.9 Å². The first kappa shape index (κ1) is 34.5. The Hall–Kier alpha value is -2.52. The van der Waals surface area contributed by atoms with Gasteiger partial charge in [0.25, 0.3) is 0 Å². The highest BCUT2D eigenvalue weighted by atomic mass is 16.6. The van der Waals surface area contributed by atoms with E-state index in [1.807, 2.05) is 0 Å². The number of nitrogens with two attached hydrogens (primary N) is 1. The number of ketones is 1. The molecule has 0 aromatic carbocycles. The minimum atomic E-state index is -1.25. The molecular formula is C26H44N2O9. The first-order valence-corrected chi connectivity index (χ1v) is 12.3. The van der Waals surface area contributed by atoms with Gasteiger partial charge in [-0.1, -0.05) is 5.92 Å². The van der Waals surface area contributed by atoms with Crippen LogP contribution >= 0.6 is 0 Å². The molecule has 0 rings (SSSR count). The van der Waals surface area contributed by atoms with Gasteiger partial charge in [-0.25, -0.2) is 0 Å². The fourth-order valence-electron chi connectivity index (χ4n) is 2.82. The van der Waals surface area contributed by atoms with Crippen molar-refractivity contribution in [3.05, 3.63) is 0 Å². The molecule has 11 nitrogen and oxygen atoms in total. The van der Waals surface area contributed by atoms with Gasteiger partial charge in [-0.3, -0.25) is 19.2 Å². The zero-order chi connectivity index (χ0) is 28.5. The van der Waals surface area contributed by atoms with Gasteiger partial charge in [0.05, 0.1) is 51.4 Å². The molecule has 0 saturated carbocycles. The van der Waals surface area contributed by atoms with Crippen LogP contribution in [0.15, 0.2) is 0 Å². The molecule has 0 saturated heterocycles. The van der Waals surface area contributed by atoms with Crippen LogP contribution in [-0.4, -0.2) is 86.6 Å². The summed E-state index contributed by atoms with van der Waals surface area (Å²) in [6.07, 6.45) is 4.76. The molecule has 0 aromatic rings. The Morgan fingerprint density at radius 2 is 1.30 bits per heavy atom. The smallest absolute Gasteiger partial charge is 0.308 e. The van der Waals surface area contributed by atoms with Gasteiger partial charge in [-0.2, -0.15) is 0 Å². The van der Waals surface area contributed by atoms with Crippen LogP contribution in [0, 0.1) is 12.3 Å². The number of carbonyl (C=O) groups excluding carboxylic acids is 4. The normalized spacial score (nSPS) is 13.2. The standard InChI is InChI=1S/C26H44N2O9/c1-8-11-33-13-15-35-16-14-34-12-9-10-21(29)20(18-23(31)37-26(5,6)7)28-24(32)19(27)17-22(30)36-25(2,3)4/h1,19-20H,9-18,27H2,2-7H3,(H,28,32)/t19-,20-/m0/s1. The summed E-state index contributed by atoms with van der Waals surface area (Å²) in [4.78, 5) is 49.7. The topological polar surface area (TPSA) is 152 Å². The minimum Gasteiger partial charge on any atom is -0.460 e. The average molecular weight is 529 g/mol. The highest BCUT2D eigenvalue weighted by molar-refractivity contribution is 5.94. The van der Waals surface area contributed by atoms with Crippen molar-refractivity contribution in [3.63, 3.8) is 0 Å². The van der Waals surface area contributed by atoms with E-state index in [-0.39, 0.29) is 38.3 Å². The van der Waals surface area contributed by atoms with E-state index in [4.69, 9.17) is 35.8 Å². The maximum atomic E-state index is 12.8. The lowest BCUT2D eigenvalue weighted by molar-refractivity contribution is -0.158. The number of carbonyl (C=O) groups is 4. The third-order valence-corrected chi connectivity index (χ3v) is 4.28. The number of amides is 1. The molecule has 0 heterocycles. The van der Waals surface area contributed by atoms with Gasteiger partial charge >= 0.3 is 11.9 Å². The number of hydrogen-bond donors (Lipinski definition) is 2. The van der Waals surface area contributed by atoms with Gasteiger partial charge in [0.1, 0.15) is 17.8 Å².